The maximum Gasteiger partial charge on any atom is 0.274 e. The molecule has 0 fully saturated rings. The number of halogens is 1. The molecule has 0 saturated carbocycles. The number of rotatable bonds is 7. The number of nitrogens with zero attached hydrogens (tertiary/aromatic N) is 2. The van der Waals surface area contributed by atoms with E-state index < -0.39 is 0 Å². The summed E-state index contributed by atoms with van der Waals surface area (Å²) in [5.74, 6) is 1.11. The minimum atomic E-state index is -0.384. The summed E-state index contributed by atoms with van der Waals surface area (Å²) in [5, 5.41) is 6.23. The van der Waals surface area contributed by atoms with Crippen LogP contribution in [0.15, 0.2) is 54.7 Å². The summed E-state index contributed by atoms with van der Waals surface area (Å²) in [6.07, 6.45) is 1.51. The second-order valence-electron chi connectivity index (χ2n) is 5.62. The van der Waals surface area contributed by atoms with Crippen molar-refractivity contribution in [3.63, 3.8) is 0 Å². The first-order valence-corrected chi connectivity index (χ1v) is 8.95. The van der Waals surface area contributed by atoms with Gasteiger partial charge in [-0.2, -0.15) is 0 Å². The fourth-order valence-electron chi connectivity index (χ4n) is 2.46. The lowest BCUT2D eigenvalue weighted by Gasteiger charge is -2.12. The van der Waals surface area contributed by atoms with Crippen LogP contribution < -0.4 is 20.1 Å². The number of amides is 1. The van der Waals surface area contributed by atoms with E-state index in [1.165, 1.54) is 19.4 Å². The molecule has 0 radical (unpaired) electrons. The Labute approximate surface area is 167 Å². The Morgan fingerprint density at radius 1 is 1.14 bits per heavy atom. The summed E-state index contributed by atoms with van der Waals surface area (Å²) < 4.78 is 10.7. The number of nitrogens with one attached hydrogen (secondary N) is 2. The summed E-state index contributed by atoms with van der Waals surface area (Å²) >= 11 is 6.09. The minimum Gasteiger partial charge on any atom is -0.495 e. The van der Waals surface area contributed by atoms with Gasteiger partial charge in [0.1, 0.15) is 17.2 Å². The maximum absolute atomic E-state index is 12.5. The molecule has 0 aliphatic rings. The highest BCUT2D eigenvalue weighted by Crippen LogP contribution is 2.28. The Kier molecular flexibility index (Phi) is 6.29. The Morgan fingerprint density at radius 3 is 2.71 bits per heavy atom. The quantitative estimate of drug-likeness (QED) is 0.608. The molecule has 1 heterocycles. The number of anilines is 3. The molecule has 2 aromatic carbocycles. The number of carbonyl (C=O) groups excluding carboxylic acids is 1. The predicted molar refractivity (Wildman–Crippen MR) is 109 cm³/mol. The minimum absolute atomic E-state index is 0.207. The molecule has 1 amide bonds. The van der Waals surface area contributed by atoms with Crippen molar-refractivity contribution in [2.24, 2.45) is 0 Å². The van der Waals surface area contributed by atoms with Crippen LogP contribution in [0, 0.1) is 0 Å². The smallest absolute Gasteiger partial charge is 0.274 e. The van der Waals surface area contributed by atoms with Crippen LogP contribution in [0.4, 0.5) is 17.3 Å². The van der Waals surface area contributed by atoms with Crippen LogP contribution in [-0.2, 0) is 0 Å². The van der Waals surface area contributed by atoms with Gasteiger partial charge in [0.15, 0.2) is 0 Å². The third kappa shape index (κ3) is 4.69. The van der Waals surface area contributed by atoms with Gasteiger partial charge in [-0.15, -0.1) is 0 Å². The van der Waals surface area contributed by atoms with Gasteiger partial charge in [0, 0.05) is 11.9 Å². The average molecular weight is 399 g/mol. The Bertz CT molecular complexity index is 981. The molecule has 0 atom stereocenters. The molecule has 0 bridgehead atoms. The lowest BCUT2D eigenvalue weighted by molar-refractivity contribution is 0.102. The fraction of sp³-hybridized carbons (Fsp3) is 0.150. The molecule has 0 unspecified atom stereocenters. The second kappa shape index (κ2) is 9.05. The number of hydrogen-bond acceptors (Lipinski definition) is 6. The first kappa shape index (κ1) is 19.4. The number of carbonyl (C=O) groups is 1. The zero-order valence-corrected chi connectivity index (χ0v) is 16.2. The van der Waals surface area contributed by atoms with E-state index >= 15 is 0 Å². The maximum atomic E-state index is 12.5. The molecule has 0 saturated heterocycles. The summed E-state index contributed by atoms with van der Waals surface area (Å²) in [6.45, 7) is 2.44. The van der Waals surface area contributed by atoms with Crippen molar-refractivity contribution in [3.05, 3.63) is 65.4 Å². The zero-order valence-electron chi connectivity index (χ0n) is 15.4. The highest BCUT2D eigenvalue weighted by molar-refractivity contribution is 6.32. The summed E-state index contributed by atoms with van der Waals surface area (Å²) in [6, 6.07) is 13.9. The van der Waals surface area contributed by atoms with Gasteiger partial charge in [0.05, 0.1) is 24.4 Å². The van der Waals surface area contributed by atoms with Gasteiger partial charge in [-0.05, 0) is 43.3 Å². The van der Waals surface area contributed by atoms with Crippen molar-refractivity contribution in [2.45, 2.75) is 6.92 Å². The Hall–Kier alpha value is -3.32. The van der Waals surface area contributed by atoms with Crippen LogP contribution in [0.1, 0.15) is 17.4 Å². The number of para-hydroxylation sites is 2. The van der Waals surface area contributed by atoms with Crippen LogP contribution in [0.25, 0.3) is 0 Å². The number of ether oxygens (including phenoxy) is 2. The van der Waals surface area contributed by atoms with Crippen molar-refractivity contribution < 1.29 is 14.3 Å². The van der Waals surface area contributed by atoms with E-state index in [9.17, 15) is 4.79 Å². The molecule has 3 rings (SSSR count). The molecule has 0 spiro atoms. The Morgan fingerprint density at radius 2 is 1.96 bits per heavy atom. The van der Waals surface area contributed by atoms with Crippen molar-refractivity contribution in [1.82, 2.24) is 9.97 Å². The molecule has 144 valence electrons. The molecule has 0 aliphatic heterocycles. The van der Waals surface area contributed by atoms with Crippen LogP contribution in [0.2, 0.25) is 5.02 Å². The third-order valence-electron chi connectivity index (χ3n) is 3.73. The van der Waals surface area contributed by atoms with E-state index in [2.05, 4.69) is 20.6 Å². The zero-order chi connectivity index (χ0) is 19.9. The van der Waals surface area contributed by atoms with Gasteiger partial charge in [0.2, 0.25) is 5.95 Å². The van der Waals surface area contributed by atoms with Crippen molar-refractivity contribution in [3.8, 4) is 11.5 Å². The normalized spacial score (nSPS) is 10.2. The fourth-order valence-corrected chi connectivity index (χ4v) is 2.71. The van der Waals surface area contributed by atoms with Crippen molar-refractivity contribution in [2.75, 3.05) is 24.4 Å². The van der Waals surface area contributed by atoms with Gasteiger partial charge in [-0.25, -0.2) is 9.97 Å². The SMILES string of the molecule is CCOc1ccccc1Nc1nccc(C(=O)Nc2ccc(OC)c(Cl)c2)n1. The molecular weight excluding hydrogens is 380 g/mol. The number of hydrogen-bond donors (Lipinski definition) is 2. The predicted octanol–water partition coefficient (Wildman–Crippen LogP) is 4.53. The lowest BCUT2D eigenvalue weighted by atomic mass is 10.3. The van der Waals surface area contributed by atoms with E-state index in [1.54, 1.807) is 18.2 Å². The van der Waals surface area contributed by atoms with E-state index in [-0.39, 0.29) is 17.5 Å². The second-order valence-corrected chi connectivity index (χ2v) is 6.03. The summed E-state index contributed by atoms with van der Waals surface area (Å²) in [7, 11) is 1.53. The standard InChI is InChI=1S/C20H19ClN4O3/c1-3-28-18-7-5-4-6-15(18)24-20-22-11-10-16(25-20)19(26)23-13-8-9-17(27-2)14(21)12-13/h4-12H,3H2,1-2H3,(H,23,26)(H,22,24,25). The van der Waals surface area contributed by atoms with Crippen LogP contribution in [0.5, 0.6) is 11.5 Å². The average Bonchev–Trinajstić information content (AvgIpc) is 2.70. The van der Waals surface area contributed by atoms with E-state index in [0.29, 0.717) is 34.5 Å². The monoisotopic (exact) mass is 398 g/mol. The molecule has 2 N–H and O–H groups in total. The van der Waals surface area contributed by atoms with Crippen LogP contribution >= 0.6 is 11.6 Å². The van der Waals surface area contributed by atoms with Gasteiger partial charge < -0.3 is 20.1 Å². The Balaban J connectivity index is 1.76. The van der Waals surface area contributed by atoms with Crippen molar-refractivity contribution in [1.29, 1.82) is 0 Å². The van der Waals surface area contributed by atoms with Gasteiger partial charge in [0.25, 0.3) is 5.91 Å². The van der Waals surface area contributed by atoms with E-state index in [0.717, 1.165) is 0 Å². The first-order chi connectivity index (χ1) is 13.6. The molecule has 3 aromatic rings. The number of methoxy groups -OCH3 is 1. The van der Waals surface area contributed by atoms with E-state index in [4.69, 9.17) is 21.1 Å². The van der Waals surface area contributed by atoms with E-state index in [1.807, 2.05) is 31.2 Å². The van der Waals surface area contributed by atoms with Crippen LogP contribution in [-0.4, -0.2) is 29.6 Å². The summed E-state index contributed by atoms with van der Waals surface area (Å²) in [4.78, 5) is 21.0. The topological polar surface area (TPSA) is 85.4 Å². The lowest BCUT2D eigenvalue weighted by Crippen LogP contribution is -2.15. The summed E-state index contributed by atoms with van der Waals surface area (Å²) in [5.41, 5.74) is 1.45. The largest absolute Gasteiger partial charge is 0.495 e. The molecule has 1 aromatic heterocycles. The molecule has 28 heavy (non-hydrogen) atoms. The highest BCUT2D eigenvalue weighted by Gasteiger charge is 2.12. The number of benzene rings is 2. The van der Waals surface area contributed by atoms with Gasteiger partial charge in [-0.1, -0.05) is 23.7 Å². The molecule has 8 heteroatoms. The van der Waals surface area contributed by atoms with Crippen LogP contribution in [0.3, 0.4) is 0 Å². The van der Waals surface area contributed by atoms with Gasteiger partial charge in [-0.3, -0.25) is 4.79 Å². The molecular formula is C20H19ClN4O3. The number of aromatic nitrogens is 2. The van der Waals surface area contributed by atoms with Gasteiger partial charge >= 0.3 is 0 Å². The molecule has 0 aliphatic carbocycles. The molecule has 7 nitrogen and oxygen atoms in total. The third-order valence-corrected chi connectivity index (χ3v) is 4.03. The van der Waals surface area contributed by atoms with Crippen molar-refractivity contribution >= 4 is 34.8 Å². The highest BCUT2D eigenvalue weighted by atomic mass is 35.5. The first-order valence-electron chi connectivity index (χ1n) is 8.57.